The van der Waals surface area contributed by atoms with Crippen LogP contribution in [0.4, 0.5) is 5.69 Å². The second kappa shape index (κ2) is 7.20. The number of benzene rings is 2. The van der Waals surface area contributed by atoms with Gasteiger partial charge in [0, 0.05) is 37.1 Å². The zero-order chi connectivity index (χ0) is 18.1. The lowest BCUT2D eigenvalue weighted by atomic mass is 10.1. The van der Waals surface area contributed by atoms with Crippen LogP contribution < -0.4 is 9.64 Å². The Labute approximate surface area is 159 Å². The van der Waals surface area contributed by atoms with E-state index in [1.165, 1.54) is 5.56 Å². The monoisotopic (exact) mass is 370 g/mol. The van der Waals surface area contributed by atoms with E-state index in [1.54, 1.807) is 7.11 Å². The summed E-state index contributed by atoms with van der Waals surface area (Å²) in [6, 6.07) is 16.0. The molecule has 0 aromatic heterocycles. The fraction of sp³-hybridized carbons (Fsp3) is 0.381. The Hall–Kier alpha value is -2.20. The van der Waals surface area contributed by atoms with Gasteiger partial charge in [0.05, 0.1) is 12.8 Å². The van der Waals surface area contributed by atoms with Gasteiger partial charge in [0.25, 0.3) is 0 Å². The number of rotatable bonds is 4. The molecule has 2 atom stereocenters. The highest BCUT2D eigenvalue weighted by atomic mass is 35.5. The van der Waals surface area contributed by atoms with E-state index in [0.29, 0.717) is 16.8 Å². The van der Waals surface area contributed by atoms with Crippen LogP contribution in [-0.4, -0.2) is 44.1 Å². The van der Waals surface area contributed by atoms with Gasteiger partial charge >= 0.3 is 0 Å². The highest BCUT2D eigenvalue weighted by molar-refractivity contribution is 6.30. The first-order valence-corrected chi connectivity index (χ1v) is 9.47. The molecule has 1 saturated heterocycles. The molecular weight excluding hydrogens is 348 g/mol. The molecule has 0 radical (unpaired) electrons. The Bertz CT molecular complexity index is 788. The molecule has 4 rings (SSSR count). The molecule has 1 aliphatic carbocycles. The third-order valence-corrected chi connectivity index (χ3v) is 5.64. The Kier molecular flexibility index (Phi) is 4.77. The number of hydrogen-bond donors (Lipinski definition) is 0. The minimum atomic E-state index is 0.157. The number of halogens is 1. The van der Waals surface area contributed by atoms with Crippen molar-refractivity contribution in [3.05, 3.63) is 59.1 Å². The van der Waals surface area contributed by atoms with Crippen molar-refractivity contribution in [1.82, 2.24) is 4.90 Å². The maximum atomic E-state index is 12.8. The van der Waals surface area contributed by atoms with Crippen LogP contribution in [0.25, 0.3) is 0 Å². The van der Waals surface area contributed by atoms with E-state index in [-0.39, 0.29) is 5.92 Å². The van der Waals surface area contributed by atoms with Gasteiger partial charge in [-0.05, 0) is 36.1 Å². The summed E-state index contributed by atoms with van der Waals surface area (Å²) in [5, 5.41) is 0.697. The molecule has 26 heavy (non-hydrogen) atoms. The molecule has 0 bridgehead atoms. The largest absolute Gasteiger partial charge is 0.495 e. The number of carbonyl (C=O) groups excluding carboxylic acids is 1. The topological polar surface area (TPSA) is 32.8 Å². The lowest BCUT2D eigenvalue weighted by molar-refractivity contribution is -0.132. The number of carbonyl (C=O) groups is 1. The van der Waals surface area contributed by atoms with Crippen molar-refractivity contribution < 1.29 is 9.53 Å². The molecule has 1 aliphatic heterocycles. The first kappa shape index (κ1) is 17.2. The second-order valence-electron chi connectivity index (χ2n) is 6.99. The number of anilines is 1. The summed E-state index contributed by atoms with van der Waals surface area (Å²) in [5.74, 6) is 1.68. The Morgan fingerprint density at radius 2 is 1.81 bits per heavy atom. The molecule has 4 nitrogen and oxygen atoms in total. The molecule has 0 spiro atoms. The average Bonchev–Trinajstić information content (AvgIpc) is 3.49. The van der Waals surface area contributed by atoms with Gasteiger partial charge in [-0.2, -0.15) is 0 Å². The van der Waals surface area contributed by atoms with Crippen LogP contribution in [-0.2, 0) is 4.79 Å². The van der Waals surface area contributed by atoms with Crippen molar-refractivity contribution in [1.29, 1.82) is 0 Å². The molecular formula is C21H23ClN2O2. The van der Waals surface area contributed by atoms with E-state index in [0.717, 1.165) is 44.0 Å². The van der Waals surface area contributed by atoms with E-state index in [4.69, 9.17) is 16.3 Å². The number of amides is 1. The van der Waals surface area contributed by atoms with Crippen molar-refractivity contribution in [3.63, 3.8) is 0 Å². The van der Waals surface area contributed by atoms with Gasteiger partial charge in [0.1, 0.15) is 5.75 Å². The molecule has 2 fully saturated rings. The molecule has 136 valence electrons. The fourth-order valence-electron chi connectivity index (χ4n) is 3.85. The third kappa shape index (κ3) is 3.38. The summed E-state index contributed by atoms with van der Waals surface area (Å²) in [6.07, 6.45) is 0.977. The standard InChI is InChI=1S/C21H23ClN2O2/c1-26-20-8-7-16(22)13-19(20)23-9-11-24(12-10-23)21(25)18-14-17(18)15-5-3-2-4-6-15/h2-8,13,17-18H,9-12,14H2,1H3/t17-,18+/m1/s1. The predicted octanol–water partition coefficient (Wildman–Crippen LogP) is 3.80. The van der Waals surface area contributed by atoms with Gasteiger partial charge < -0.3 is 14.5 Å². The number of ether oxygens (including phenoxy) is 1. The number of methoxy groups -OCH3 is 1. The first-order valence-electron chi connectivity index (χ1n) is 9.09. The maximum Gasteiger partial charge on any atom is 0.226 e. The van der Waals surface area contributed by atoms with Crippen LogP contribution in [0.15, 0.2) is 48.5 Å². The summed E-state index contributed by atoms with van der Waals surface area (Å²) < 4.78 is 5.46. The third-order valence-electron chi connectivity index (χ3n) is 5.41. The summed E-state index contributed by atoms with van der Waals surface area (Å²) >= 11 is 6.15. The molecule has 1 amide bonds. The van der Waals surface area contributed by atoms with Gasteiger partial charge in [-0.1, -0.05) is 41.9 Å². The minimum Gasteiger partial charge on any atom is -0.495 e. The van der Waals surface area contributed by atoms with Gasteiger partial charge in [0.15, 0.2) is 0 Å². The van der Waals surface area contributed by atoms with E-state index < -0.39 is 0 Å². The highest BCUT2D eigenvalue weighted by Crippen LogP contribution is 2.48. The Morgan fingerprint density at radius 1 is 1.08 bits per heavy atom. The molecule has 2 aliphatic rings. The minimum absolute atomic E-state index is 0.157. The molecule has 0 unspecified atom stereocenters. The van der Waals surface area contributed by atoms with Gasteiger partial charge in [0.2, 0.25) is 5.91 Å². The zero-order valence-corrected chi connectivity index (χ0v) is 15.7. The van der Waals surface area contributed by atoms with Gasteiger partial charge in [-0.15, -0.1) is 0 Å². The fourth-order valence-corrected chi connectivity index (χ4v) is 4.02. The molecule has 2 aromatic rings. The van der Waals surface area contributed by atoms with Crippen LogP contribution in [0.2, 0.25) is 5.02 Å². The number of nitrogens with zero attached hydrogens (tertiary/aromatic N) is 2. The molecule has 0 N–H and O–H groups in total. The highest BCUT2D eigenvalue weighted by Gasteiger charge is 2.46. The van der Waals surface area contributed by atoms with Crippen molar-refractivity contribution in [2.75, 3.05) is 38.2 Å². The molecule has 5 heteroatoms. The Morgan fingerprint density at radius 3 is 2.50 bits per heavy atom. The molecule has 1 heterocycles. The summed E-state index contributed by atoms with van der Waals surface area (Å²) in [7, 11) is 1.67. The van der Waals surface area contributed by atoms with Crippen LogP contribution in [0.1, 0.15) is 17.9 Å². The molecule has 2 aromatic carbocycles. The van der Waals surface area contributed by atoms with Crippen LogP contribution in [0.5, 0.6) is 5.75 Å². The summed E-state index contributed by atoms with van der Waals surface area (Å²) in [6.45, 7) is 3.08. The van der Waals surface area contributed by atoms with Crippen molar-refractivity contribution in [2.24, 2.45) is 5.92 Å². The van der Waals surface area contributed by atoms with E-state index in [1.807, 2.05) is 41.3 Å². The van der Waals surface area contributed by atoms with Gasteiger partial charge in [-0.25, -0.2) is 0 Å². The predicted molar refractivity (Wildman–Crippen MR) is 104 cm³/mol. The smallest absolute Gasteiger partial charge is 0.226 e. The second-order valence-corrected chi connectivity index (χ2v) is 7.42. The number of piperazine rings is 1. The normalized spacial score (nSPS) is 22.2. The van der Waals surface area contributed by atoms with E-state index >= 15 is 0 Å². The van der Waals surface area contributed by atoms with Crippen molar-refractivity contribution >= 4 is 23.2 Å². The van der Waals surface area contributed by atoms with E-state index in [2.05, 4.69) is 17.0 Å². The van der Waals surface area contributed by atoms with Crippen LogP contribution in [0, 0.1) is 5.92 Å². The zero-order valence-electron chi connectivity index (χ0n) is 14.9. The van der Waals surface area contributed by atoms with Crippen LogP contribution in [0.3, 0.4) is 0 Å². The van der Waals surface area contributed by atoms with E-state index in [9.17, 15) is 4.79 Å². The lowest BCUT2D eigenvalue weighted by Crippen LogP contribution is -2.49. The Balaban J connectivity index is 1.37. The lowest BCUT2D eigenvalue weighted by Gasteiger charge is -2.37. The molecule has 1 saturated carbocycles. The van der Waals surface area contributed by atoms with Crippen molar-refractivity contribution in [3.8, 4) is 5.75 Å². The maximum absolute atomic E-state index is 12.8. The average molecular weight is 371 g/mol. The summed E-state index contributed by atoms with van der Waals surface area (Å²) in [4.78, 5) is 17.1. The number of hydrogen-bond acceptors (Lipinski definition) is 3. The SMILES string of the molecule is COc1ccc(Cl)cc1N1CCN(C(=O)[C@H]2C[C@@H]2c2ccccc2)CC1. The van der Waals surface area contributed by atoms with Crippen LogP contribution >= 0.6 is 11.6 Å². The van der Waals surface area contributed by atoms with Crippen molar-refractivity contribution in [2.45, 2.75) is 12.3 Å². The van der Waals surface area contributed by atoms with Gasteiger partial charge in [-0.3, -0.25) is 4.79 Å². The first-order chi connectivity index (χ1) is 12.7. The quantitative estimate of drug-likeness (QED) is 0.820. The summed E-state index contributed by atoms with van der Waals surface area (Å²) in [5.41, 5.74) is 2.29.